The smallest absolute Gasteiger partial charge is 0.423 e. The second-order valence-corrected chi connectivity index (χ2v) is 24.3. The molecule has 0 aliphatic heterocycles. The van der Waals surface area contributed by atoms with E-state index in [1.165, 1.54) is 135 Å². The van der Waals surface area contributed by atoms with E-state index in [1.54, 1.807) is 17.4 Å². The van der Waals surface area contributed by atoms with Crippen LogP contribution in [0.4, 0.5) is 0 Å². The van der Waals surface area contributed by atoms with Crippen molar-refractivity contribution in [2.75, 3.05) is 0 Å². The molecule has 2 nitrogen and oxygen atoms in total. The molecule has 0 saturated heterocycles. The third kappa shape index (κ3) is 6.78. The van der Waals surface area contributed by atoms with Gasteiger partial charge in [-0.15, -0.1) is 22.7 Å². The van der Waals surface area contributed by atoms with Gasteiger partial charge in [0.1, 0.15) is 0 Å². The lowest BCUT2D eigenvalue weighted by Crippen LogP contribution is -2.29. The van der Waals surface area contributed by atoms with Gasteiger partial charge >= 0.3 is 7.12 Å². The zero-order valence-electron chi connectivity index (χ0n) is 43.1. The fraction of sp³-hybridized carbons (Fsp3) is 0.0270. The van der Waals surface area contributed by atoms with E-state index in [-0.39, 0.29) is 10.8 Å². The highest BCUT2D eigenvalue weighted by Crippen LogP contribution is 2.64. The summed E-state index contributed by atoms with van der Waals surface area (Å²) in [7, 11) is -1.40. The van der Waals surface area contributed by atoms with Crippen LogP contribution in [0.3, 0.4) is 0 Å². The summed E-state index contributed by atoms with van der Waals surface area (Å²) in [4.78, 5) is 0. The van der Waals surface area contributed by atoms with E-state index in [0.29, 0.717) is 5.46 Å². The molecule has 6 heteroatoms. The monoisotopic (exact) mass is 1120 g/mol. The minimum absolute atomic E-state index is 0.219. The first kappa shape index (κ1) is 47.5. The van der Waals surface area contributed by atoms with E-state index >= 15 is 0 Å². The molecule has 80 heavy (non-hydrogen) atoms. The van der Waals surface area contributed by atoms with E-state index in [9.17, 15) is 0 Å². The molecule has 0 fully saturated rings. The summed E-state index contributed by atoms with van der Waals surface area (Å²) in [6.07, 6.45) is 0. The lowest BCUT2D eigenvalue weighted by molar-refractivity contribution is 0.426. The predicted octanol–water partition coefficient (Wildman–Crippen LogP) is 18.6. The molecule has 0 atom stereocenters. The standard InChI is InChI=1S/C37H22S.C25H15Br.C12H9BO2S/c1-5-13-31-25(9-1)26-10-2-6-14-32(26)37(31)33-15-7-3-11-27(33)28-19-17-24(22-34(28)37)23-18-20-36-30(21-23)29-12-4-8-16-35(29)38-36;26-16-13-14-20-19-9-3-6-12-23(19)25(24(20)15-16)21-10-4-1-7-17(21)18-8-2-5-11-22(18)25;14-13(15)8-5-6-12-10(7-8)9-3-1-2-4-11(9)16-12/h1-22H;1-15H;1-7,14-15H. The molecule has 0 unspecified atom stereocenters. The summed E-state index contributed by atoms with van der Waals surface area (Å²) in [5.41, 5.74) is 24.5. The molecule has 2 N–H and O–H groups in total. The molecular formula is C74H46BBrO2S2. The van der Waals surface area contributed by atoms with Crippen LogP contribution in [0.5, 0.6) is 0 Å². The number of halogens is 1. The lowest BCUT2D eigenvalue weighted by Gasteiger charge is -2.30. The van der Waals surface area contributed by atoms with Gasteiger partial charge in [-0.25, -0.2) is 0 Å². The summed E-state index contributed by atoms with van der Waals surface area (Å²) in [5.74, 6) is 0. The highest BCUT2D eigenvalue weighted by atomic mass is 79.9. The fourth-order valence-electron chi connectivity index (χ4n) is 14.2. The lowest BCUT2D eigenvalue weighted by atomic mass is 9.70. The molecule has 14 aromatic rings. The molecule has 18 rings (SSSR count). The Labute approximate surface area is 480 Å². The first-order chi connectivity index (χ1) is 39.4. The molecule has 0 bridgehead atoms. The van der Waals surface area contributed by atoms with E-state index in [4.69, 9.17) is 10.0 Å². The third-order valence-corrected chi connectivity index (χ3v) is 20.2. The minimum Gasteiger partial charge on any atom is -0.423 e. The van der Waals surface area contributed by atoms with Crippen LogP contribution in [-0.4, -0.2) is 17.2 Å². The van der Waals surface area contributed by atoms with Crippen LogP contribution in [0.25, 0.3) is 96.0 Å². The first-order valence-electron chi connectivity index (χ1n) is 27.1. The van der Waals surface area contributed by atoms with Crippen molar-refractivity contribution in [2.24, 2.45) is 0 Å². The SMILES string of the molecule is Brc1ccc2c(c1)C1(c3ccccc3-c3ccccc31)c1ccccc1-2.OB(O)c1ccc2sc3ccccc3c2c1.c1ccc2c(c1)-c1ccccc1C21c2ccccc2-c2ccc(-c3ccc4sc5ccccc5c4c3)cc21. The predicted molar refractivity (Wildman–Crippen MR) is 341 cm³/mol. The van der Waals surface area contributed by atoms with Crippen LogP contribution in [0.2, 0.25) is 0 Å². The van der Waals surface area contributed by atoms with Crippen LogP contribution in [0, 0.1) is 0 Å². The molecule has 376 valence electrons. The van der Waals surface area contributed by atoms with Crippen molar-refractivity contribution >= 4 is 91.5 Å². The average molecular weight is 1120 g/mol. The van der Waals surface area contributed by atoms with Crippen LogP contribution >= 0.6 is 38.6 Å². The molecule has 4 aliphatic rings. The third-order valence-electron chi connectivity index (χ3n) is 17.4. The van der Waals surface area contributed by atoms with Gasteiger partial charge in [0.15, 0.2) is 0 Å². The molecule has 0 amide bonds. The van der Waals surface area contributed by atoms with Crippen LogP contribution in [0.1, 0.15) is 44.5 Å². The Morgan fingerprint density at radius 1 is 0.275 bits per heavy atom. The summed E-state index contributed by atoms with van der Waals surface area (Å²) < 4.78 is 6.22. The Morgan fingerprint density at radius 2 is 0.600 bits per heavy atom. The Hall–Kier alpha value is -8.46. The Balaban J connectivity index is 0.000000109. The van der Waals surface area contributed by atoms with Crippen LogP contribution < -0.4 is 5.46 Å². The van der Waals surface area contributed by atoms with Crippen molar-refractivity contribution in [1.29, 1.82) is 0 Å². The number of thiophene rings is 2. The number of benzene rings is 12. The Morgan fingerprint density at radius 3 is 1.05 bits per heavy atom. The van der Waals surface area contributed by atoms with Crippen molar-refractivity contribution < 1.29 is 10.0 Å². The summed E-state index contributed by atoms with van der Waals surface area (Å²) >= 11 is 7.32. The van der Waals surface area contributed by atoms with Crippen molar-refractivity contribution in [3.63, 3.8) is 0 Å². The van der Waals surface area contributed by atoms with Crippen molar-refractivity contribution in [3.8, 4) is 55.6 Å². The highest BCUT2D eigenvalue weighted by Gasteiger charge is 2.53. The van der Waals surface area contributed by atoms with Gasteiger partial charge in [-0.3, -0.25) is 0 Å². The number of hydrogen-bond acceptors (Lipinski definition) is 4. The molecule has 4 aliphatic carbocycles. The summed E-state index contributed by atoms with van der Waals surface area (Å²) in [5, 5.41) is 23.3. The van der Waals surface area contributed by atoms with E-state index in [0.717, 1.165) is 9.86 Å². The maximum atomic E-state index is 9.15. The van der Waals surface area contributed by atoms with Gasteiger partial charge in [0.05, 0.1) is 10.8 Å². The largest absolute Gasteiger partial charge is 0.488 e. The van der Waals surface area contributed by atoms with Gasteiger partial charge in [-0.2, -0.15) is 0 Å². The minimum atomic E-state index is -1.40. The second-order valence-electron chi connectivity index (χ2n) is 21.3. The zero-order valence-corrected chi connectivity index (χ0v) is 46.3. The maximum absolute atomic E-state index is 9.15. The van der Waals surface area contributed by atoms with Gasteiger partial charge in [-0.1, -0.05) is 234 Å². The average Bonchev–Trinajstić information content (AvgIpc) is 4.45. The van der Waals surface area contributed by atoms with Gasteiger partial charge in [0.25, 0.3) is 0 Å². The summed E-state index contributed by atoms with van der Waals surface area (Å²) in [6, 6.07) is 97.0. The summed E-state index contributed by atoms with van der Waals surface area (Å²) in [6.45, 7) is 0. The topological polar surface area (TPSA) is 40.5 Å². The molecule has 12 aromatic carbocycles. The van der Waals surface area contributed by atoms with E-state index in [1.807, 2.05) is 35.6 Å². The molecule has 2 heterocycles. The maximum Gasteiger partial charge on any atom is 0.488 e. The number of hydrogen-bond donors (Lipinski definition) is 2. The Kier molecular flexibility index (Phi) is 10.9. The Bertz CT molecular complexity index is 4750. The molecule has 0 radical (unpaired) electrons. The molecule has 0 saturated carbocycles. The van der Waals surface area contributed by atoms with Crippen LogP contribution in [-0.2, 0) is 10.8 Å². The van der Waals surface area contributed by atoms with Gasteiger partial charge in [0.2, 0.25) is 0 Å². The second kappa shape index (κ2) is 18.3. The van der Waals surface area contributed by atoms with Crippen LogP contribution in [0.15, 0.2) is 271 Å². The van der Waals surface area contributed by atoms with Gasteiger partial charge in [0, 0.05) is 39.4 Å². The van der Waals surface area contributed by atoms with Gasteiger partial charge in [-0.05, 0) is 160 Å². The first-order valence-corrected chi connectivity index (χ1v) is 29.6. The highest BCUT2D eigenvalue weighted by molar-refractivity contribution is 9.10. The van der Waals surface area contributed by atoms with Crippen molar-refractivity contribution in [3.05, 3.63) is 316 Å². The number of rotatable bonds is 2. The fourth-order valence-corrected chi connectivity index (χ4v) is 16.7. The van der Waals surface area contributed by atoms with E-state index in [2.05, 4.69) is 253 Å². The molecule has 2 spiro atoms. The zero-order chi connectivity index (χ0) is 53.3. The van der Waals surface area contributed by atoms with Crippen molar-refractivity contribution in [1.82, 2.24) is 0 Å². The van der Waals surface area contributed by atoms with Crippen molar-refractivity contribution in [2.45, 2.75) is 10.8 Å². The molecular weight excluding hydrogens is 1080 g/mol. The van der Waals surface area contributed by atoms with E-state index < -0.39 is 7.12 Å². The number of fused-ring (bicyclic) bond motifs is 26. The quantitative estimate of drug-likeness (QED) is 0.169. The normalized spacial score (nSPS) is 13.6. The molecule has 2 aromatic heterocycles. The van der Waals surface area contributed by atoms with Gasteiger partial charge < -0.3 is 10.0 Å².